The van der Waals surface area contributed by atoms with Gasteiger partial charge in [-0.05, 0) is 84.2 Å². The molecule has 4 aliphatic carbocycles. The minimum atomic E-state index is -0.0823. The van der Waals surface area contributed by atoms with E-state index in [-0.39, 0.29) is 5.41 Å². The number of hydrogen-bond acceptors (Lipinski definition) is 1. The van der Waals surface area contributed by atoms with Gasteiger partial charge in [0.2, 0.25) is 0 Å². The third-order valence-electron chi connectivity index (χ3n) is 8.21. The molecule has 0 aromatic heterocycles. The number of allylic oxidation sites excluding steroid dienone is 2. The molecule has 6 rings (SSSR count). The Bertz CT molecular complexity index is 962. The molecular formula is C26H28O. The molecule has 3 atom stereocenters. The van der Waals surface area contributed by atoms with Crippen molar-refractivity contribution in [3.63, 3.8) is 0 Å². The number of aryl methyl sites for hydroxylation is 1. The van der Waals surface area contributed by atoms with E-state index in [2.05, 4.69) is 42.5 Å². The van der Waals surface area contributed by atoms with Crippen LogP contribution in [0.5, 0.6) is 0 Å². The van der Waals surface area contributed by atoms with Crippen molar-refractivity contribution in [3.05, 3.63) is 59.2 Å². The molecule has 4 aliphatic rings. The Labute approximate surface area is 161 Å². The van der Waals surface area contributed by atoms with Crippen molar-refractivity contribution in [3.8, 4) is 0 Å². The molecule has 2 saturated carbocycles. The molecule has 0 radical (unpaired) electrons. The fourth-order valence-electron chi connectivity index (χ4n) is 6.71. The standard InChI is InChI=1S/C26H28O/c27-25-24-15-22-14-19(18-4-2-1-3-5-18)7-8-20(22)13-21(24)10-11-26(25)16-17-6-9-23(26)12-17/h6-9,13-15,17-18,23H,1-5,10-12,16H2. The molecule has 0 N–H and O–H groups in total. The molecule has 0 amide bonds. The Kier molecular flexibility index (Phi) is 3.46. The first-order chi connectivity index (χ1) is 13.2. The lowest BCUT2D eigenvalue weighted by molar-refractivity contribution is 0.0703. The fourth-order valence-corrected chi connectivity index (χ4v) is 6.71. The molecule has 0 saturated heterocycles. The van der Waals surface area contributed by atoms with Crippen molar-refractivity contribution in [1.82, 2.24) is 0 Å². The summed E-state index contributed by atoms with van der Waals surface area (Å²) >= 11 is 0. The summed E-state index contributed by atoms with van der Waals surface area (Å²) in [5, 5.41) is 2.59. The average Bonchev–Trinajstić information content (AvgIpc) is 3.32. The van der Waals surface area contributed by atoms with E-state index >= 15 is 0 Å². The van der Waals surface area contributed by atoms with Gasteiger partial charge < -0.3 is 0 Å². The second-order valence-corrected chi connectivity index (χ2v) is 9.63. The van der Waals surface area contributed by atoms with Gasteiger partial charge in [-0.1, -0.05) is 55.7 Å². The maximum absolute atomic E-state index is 13.6. The van der Waals surface area contributed by atoms with E-state index < -0.39 is 0 Å². The van der Waals surface area contributed by atoms with E-state index in [4.69, 9.17) is 0 Å². The third-order valence-corrected chi connectivity index (χ3v) is 8.21. The summed E-state index contributed by atoms with van der Waals surface area (Å²) in [7, 11) is 0. The van der Waals surface area contributed by atoms with Crippen LogP contribution in [0, 0.1) is 17.3 Å². The molecule has 2 fully saturated rings. The summed E-state index contributed by atoms with van der Waals surface area (Å²) in [5.74, 6) is 2.31. The summed E-state index contributed by atoms with van der Waals surface area (Å²) < 4.78 is 0. The highest BCUT2D eigenvalue weighted by Crippen LogP contribution is 2.57. The van der Waals surface area contributed by atoms with Crippen LogP contribution >= 0.6 is 0 Å². The van der Waals surface area contributed by atoms with E-state index in [0.717, 1.165) is 30.7 Å². The molecule has 27 heavy (non-hydrogen) atoms. The summed E-state index contributed by atoms with van der Waals surface area (Å²) in [6, 6.07) is 11.6. The Morgan fingerprint density at radius 3 is 2.59 bits per heavy atom. The zero-order chi connectivity index (χ0) is 18.0. The van der Waals surface area contributed by atoms with Crippen molar-refractivity contribution in [1.29, 1.82) is 0 Å². The van der Waals surface area contributed by atoms with E-state index in [1.165, 1.54) is 60.4 Å². The summed E-state index contributed by atoms with van der Waals surface area (Å²) in [5.41, 5.74) is 3.73. The molecule has 2 aromatic carbocycles. The van der Waals surface area contributed by atoms with Crippen LogP contribution in [0.25, 0.3) is 10.8 Å². The molecule has 0 aliphatic heterocycles. The topological polar surface area (TPSA) is 17.1 Å². The van der Waals surface area contributed by atoms with Crippen molar-refractivity contribution >= 4 is 16.6 Å². The number of carbonyl (C=O) groups is 1. The van der Waals surface area contributed by atoms with Gasteiger partial charge in [0.25, 0.3) is 0 Å². The first-order valence-corrected chi connectivity index (χ1v) is 11.0. The van der Waals surface area contributed by atoms with Gasteiger partial charge in [0.1, 0.15) is 0 Å². The van der Waals surface area contributed by atoms with E-state index in [1.54, 1.807) is 0 Å². The number of rotatable bonds is 1. The van der Waals surface area contributed by atoms with Crippen molar-refractivity contribution < 1.29 is 4.79 Å². The molecule has 3 unspecified atom stereocenters. The molecule has 138 valence electrons. The zero-order valence-electron chi connectivity index (χ0n) is 16.0. The Hall–Kier alpha value is -1.89. The van der Waals surface area contributed by atoms with E-state index in [1.807, 2.05) is 0 Å². The van der Waals surface area contributed by atoms with Gasteiger partial charge >= 0.3 is 0 Å². The zero-order valence-corrected chi connectivity index (χ0v) is 16.0. The lowest BCUT2D eigenvalue weighted by Crippen LogP contribution is -2.39. The minimum Gasteiger partial charge on any atom is -0.294 e. The highest BCUT2D eigenvalue weighted by atomic mass is 16.1. The number of carbonyl (C=O) groups excluding carboxylic acids is 1. The number of benzene rings is 2. The lowest BCUT2D eigenvalue weighted by Gasteiger charge is -2.38. The maximum Gasteiger partial charge on any atom is 0.169 e. The van der Waals surface area contributed by atoms with Crippen molar-refractivity contribution in [2.24, 2.45) is 17.3 Å². The summed E-state index contributed by atoms with van der Waals surface area (Å²) in [4.78, 5) is 13.6. The normalized spacial score (nSPS) is 32.5. The van der Waals surface area contributed by atoms with Crippen LogP contribution in [0.15, 0.2) is 42.5 Å². The quantitative estimate of drug-likeness (QED) is 0.526. The maximum atomic E-state index is 13.6. The van der Waals surface area contributed by atoms with Crippen LogP contribution in [0.3, 0.4) is 0 Å². The van der Waals surface area contributed by atoms with Crippen LogP contribution in [0.1, 0.15) is 78.8 Å². The first-order valence-electron chi connectivity index (χ1n) is 11.0. The predicted octanol–water partition coefficient (Wildman–Crippen LogP) is 6.60. The number of ketones is 1. The largest absolute Gasteiger partial charge is 0.294 e. The molecular weight excluding hydrogens is 328 g/mol. The van der Waals surface area contributed by atoms with Gasteiger partial charge in [-0.15, -0.1) is 0 Å². The fraction of sp³-hybridized carbons (Fsp3) is 0.500. The SMILES string of the molecule is O=C1c2cc3cc(C4CCCCC4)ccc3cc2CCC12CC1C=CC2C1. The first kappa shape index (κ1) is 16.1. The summed E-state index contributed by atoms with van der Waals surface area (Å²) in [6.07, 6.45) is 15.9. The van der Waals surface area contributed by atoms with Crippen LogP contribution in [0.2, 0.25) is 0 Å². The molecule has 0 heterocycles. The van der Waals surface area contributed by atoms with Crippen molar-refractivity contribution in [2.75, 3.05) is 0 Å². The van der Waals surface area contributed by atoms with E-state index in [0.29, 0.717) is 17.6 Å². The monoisotopic (exact) mass is 356 g/mol. The van der Waals surface area contributed by atoms with Crippen LogP contribution < -0.4 is 0 Å². The molecule has 1 spiro atoms. The van der Waals surface area contributed by atoms with E-state index in [9.17, 15) is 4.79 Å². The second-order valence-electron chi connectivity index (χ2n) is 9.63. The highest BCUT2D eigenvalue weighted by Gasteiger charge is 2.54. The number of hydrogen-bond donors (Lipinski definition) is 0. The second kappa shape index (κ2) is 5.80. The molecule has 2 aromatic rings. The minimum absolute atomic E-state index is 0.0823. The highest BCUT2D eigenvalue weighted by molar-refractivity contribution is 6.06. The van der Waals surface area contributed by atoms with Gasteiger partial charge in [0, 0.05) is 11.0 Å². The van der Waals surface area contributed by atoms with Gasteiger partial charge in [-0.3, -0.25) is 4.79 Å². The smallest absolute Gasteiger partial charge is 0.169 e. The molecule has 1 heteroatoms. The van der Waals surface area contributed by atoms with Gasteiger partial charge in [0.15, 0.2) is 5.78 Å². The Morgan fingerprint density at radius 1 is 0.926 bits per heavy atom. The lowest BCUT2D eigenvalue weighted by atomic mass is 9.63. The van der Waals surface area contributed by atoms with Crippen LogP contribution in [0.4, 0.5) is 0 Å². The van der Waals surface area contributed by atoms with Crippen LogP contribution in [-0.4, -0.2) is 5.78 Å². The Balaban J connectivity index is 1.42. The van der Waals surface area contributed by atoms with Gasteiger partial charge in [-0.25, -0.2) is 0 Å². The Morgan fingerprint density at radius 2 is 1.81 bits per heavy atom. The molecule has 1 nitrogen and oxygen atoms in total. The number of fused-ring (bicyclic) bond motifs is 5. The van der Waals surface area contributed by atoms with Crippen LogP contribution in [-0.2, 0) is 6.42 Å². The predicted molar refractivity (Wildman–Crippen MR) is 110 cm³/mol. The third kappa shape index (κ3) is 2.33. The molecule has 2 bridgehead atoms. The summed E-state index contributed by atoms with van der Waals surface area (Å²) in [6.45, 7) is 0. The van der Waals surface area contributed by atoms with Crippen molar-refractivity contribution in [2.45, 2.75) is 63.7 Å². The van der Waals surface area contributed by atoms with Gasteiger partial charge in [0.05, 0.1) is 0 Å². The number of Topliss-reactive ketones (excluding diaryl/α,β-unsaturated/α-hetero) is 1. The van der Waals surface area contributed by atoms with Gasteiger partial charge in [-0.2, -0.15) is 0 Å². The average molecular weight is 357 g/mol.